The molecule has 1 N–H and O–H groups in total. The van der Waals surface area contributed by atoms with E-state index in [0.29, 0.717) is 0 Å². The monoisotopic (exact) mass is 364 g/mol. The summed E-state index contributed by atoms with van der Waals surface area (Å²) in [4.78, 5) is 0. The number of rotatable bonds is 6. The van der Waals surface area contributed by atoms with E-state index < -0.39 is 12.9 Å². The molecule has 0 spiro atoms. The third kappa shape index (κ3) is 3.75. The van der Waals surface area contributed by atoms with Crippen LogP contribution >= 0.6 is 7.26 Å². The van der Waals surface area contributed by atoms with Gasteiger partial charge in [0.25, 0.3) is 0 Å². The van der Waals surface area contributed by atoms with Crippen LogP contribution in [0.5, 0.6) is 0 Å². The second-order valence-corrected chi connectivity index (χ2v) is 11.7. The van der Waals surface area contributed by atoms with E-state index in [9.17, 15) is 5.11 Å². The van der Waals surface area contributed by atoms with Gasteiger partial charge in [0.2, 0.25) is 0 Å². The fourth-order valence-electron chi connectivity index (χ4n) is 3.73. The molecule has 0 saturated carbocycles. The summed E-state index contributed by atoms with van der Waals surface area (Å²) < 4.78 is 0. The quantitative estimate of drug-likeness (QED) is 0.653. The van der Waals surface area contributed by atoms with Gasteiger partial charge in [-0.3, -0.25) is 0 Å². The first-order chi connectivity index (χ1) is 12.4. The summed E-state index contributed by atoms with van der Waals surface area (Å²) in [6, 6.07) is 32.7. The van der Waals surface area contributed by atoms with E-state index in [1.165, 1.54) is 15.9 Å². The molecular weight excluding hydrogens is 335 g/mol. The van der Waals surface area contributed by atoms with Crippen molar-refractivity contribution in [2.24, 2.45) is 5.92 Å². The first-order valence-electron chi connectivity index (χ1n) is 9.33. The number of benzene rings is 3. The Labute approximate surface area is 158 Å². The molecule has 1 nitrogen and oxygen atoms in total. The third-order valence-corrected chi connectivity index (χ3v) is 10.8. The summed E-state index contributed by atoms with van der Waals surface area (Å²) in [6.07, 6.45) is 0.967. The Morgan fingerprint density at radius 2 is 1.00 bits per heavy atom. The summed E-state index contributed by atoms with van der Waals surface area (Å²) in [6.45, 7) is 6.03. The zero-order chi connectivity index (χ0) is 18.6. The fraction of sp³-hybridized carbons (Fsp3) is 0.250. The van der Waals surface area contributed by atoms with Crippen LogP contribution in [0, 0.1) is 5.92 Å². The zero-order valence-electron chi connectivity index (χ0n) is 15.9. The Morgan fingerprint density at radius 3 is 1.27 bits per heavy atom. The molecule has 3 rings (SSSR count). The number of hydrogen-bond donors (Lipinski definition) is 1. The molecule has 0 aliphatic rings. The first-order valence-corrected chi connectivity index (χ1v) is 11.5. The van der Waals surface area contributed by atoms with Crippen LogP contribution < -0.4 is 15.9 Å². The van der Waals surface area contributed by atoms with Gasteiger partial charge in [0.05, 0.1) is 0 Å². The average molecular weight is 364 g/mol. The van der Waals surface area contributed by atoms with Gasteiger partial charge in [0.1, 0.15) is 0 Å². The standard InChI is InChI=1S/C24H29OP/c1-20(24(2,3)25)19-26(21-13-7-4-8-14-21,22-15-9-5-10-16-22)23-17-11-6-12-18-23/h4-18,20,25-26H,19H2,1-3H3/t20-/m0/s1. The molecule has 0 bridgehead atoms. The van der Waals surface area contributed by atoms with E-state index in [1.54, 1.807) is 0 Å². The minimum absolute atomic E-state index is 0.176. The third-order valence-electron chi connectivity index (χ3n) is 5.62. The van der Waals surface area contributed by atoms with Crippen LogP contribution in [0.15, 0.2) is 91.0 Å². The summed E-state index contributed by atoms with van der Waals surface area (Å²) in [5, 5.41) is 14.9. The van der Waals surface area contributed by atoms with Crippen LogP contribution in [-0.4, -0.2) is 16.9 Å². The summed E-state index contributed by atoms with van der Waals surface area (Å²) in [5.74, 6) is 0.176. The van der Waals surface area contributed by atoms with Crippen molar-refractivity contribution in [1.82, 2.24) is 0 Å². The Morgan fingerprint density at radius 1 is 0.692 bits per heavy atom. The van der Waals surface area contributed by atoms with Crippen molar-refractivity contribution in [3.8, 4) is 0 Å². The molecule has 3 aromatic rings. The second-order valence-electron chi connectivity index (χ2n) is 7.76. The molecule has 136 valence electrons. The number of hydrogen-bond acceptors (Lipinski definition) is 1. The van der Waals surface area contributed by atoms with Gasteiger partial charge >= 0.3 is 158 Å². The van der Waals surface area contributed by atoms with Crippen LogP contribution in [0.1, 0.15) is 20.8 Å². The first kappa shape index (κ1) is 18.8. The van der Waals surface area contributed by atoms with Gasteiger partial charge in [-0.05, 0) is 0 Å². The van der Waals surface area contributed by atoms with E-state index >= 15 is 0 Å². The van der Waals surface area contributed by atoms with Crippen LogP contribution in [-0.2, 0) is 0 Å². The summed E-state index contributed by atoms with van der Waals surface area (Å²) in [7, 11) is -2.26. The van der Waals surface area contributed by atoms with Crippen molar-refractivity contribution >= 4 is 23.2 Å². The Kier molecular flexibility index (Phi) is 5.61. The van der Waals surface area contributed by atoms with Gasteiger partial charge < -0.3 is 0 Å². The Hall–Kier alpha value is -1.95. The molecule has 0 aromatic heterocycles. The molecule has 1 atom stereocenters. The van der Waals surface area contributed by atoms with E-state index in [0.717, 1.165) is 6.16 Å². The molecule has 0 unspecified atom stereocenters. The van der Waals surface area contributed by atoms with Crippen molar-refractivity contribution < 1.29 is 5.11 Å². The van der Waals surface area contributed by atoms with Crippen molar-refractivity contribution in [2.75, 3.05) is 6.16 Å². The molecular formula is C24H29OP. The van der Waals surface area contributed by atoms with E-state index in [-0.39, 0.29) is 5.92 Å². The van der Waals surface area contributed by atoms with Crippen LogP contribution in [0.2, 0.25) is 0 Å². The normalized spacial score (nSPS) is 14.0. The van der Waals surface area contributed by atoms with Crippen LogP contribution in [0.4, 0.5) is 0 Å². The molecule has 2 heteroatoms. The van der Waals surface area contributed by atoms with E-state index in [4.69, 9.17) is 0 Å². The van der Waals surface area contributed by atoms with Crippen molar-refractivity contribution in [3.05, 3.63) is 91.0 Å². The van der Waals surface area contributed by atoms with Crippen LogP contribution in [0.3, 0.4) is 0 Å². The molecule has 0 radical (unpaired) electrons. The van der Waals surface area contributed by atoms with Crippen molar-refractivity contribution in [1.29, 1.82) is 0 Å². The Bertz CT molecular complexity index is 710. The van der Waals surface area contributed by atoms with Gasteiger partial charge in [-0.2, -0.15) is 0 Å². The molecule has 0 fully saturated rings. The van der Waals surface area contributed by atoms with Gasteiger partial charge in [0, 0.05) is 0 Å². The van der Waals surface area contributed by atoms with E-state index in [1.807, 2.05) is 13.8 Å². The number of aliphatic hydroxyl groups is 1. The second kappa shape index (κ2) is 7.74. The van der Waals surface area contributed by atoms with Crippen molar-refractivity contribution in [2.45, 2.75) is 26.4 Å². The van der Waals surface area contributed by atoms with E-state index in [2.05, 4.69) is 97.9 Å². The van der Waals surface area contributed by atoms with Gasteiger partial charge in [0.15, 0.2) is 0 Å². The van der Waals surface area contributed by atoms with Gasteiger partial charge in [-0.15, -0.1) is 0 Å². The molecule has 0 heterocycles. The van der Waals surface area contributed by atoms with Crippen LogP contribution in [0.25, 0.3) is 0 Å². The van der Waals surface area contributed by atoms with Gasteiger partial charge in [-0.25, -0.2) is 0 Å². The molecule has 0 saturated heterocycles. The maximum absolute atomic E-state index is 10.7. The topological polar surface area (TPSA) is 20.2 Å². The minimum atomic E-state index is -2.26. The average Bonchev–Trinajstić information content (AvgIpc) is 2.67. The fourth-order valence-corrected chi connectivity index (χ4v) is 9.14. The molecule has 26 heavy (non-hydrogen) atoms. The summed E-state index contributed by atoms with van der Waals surface area (Å²) >= 11 is 0. The molecule has 0 amide bonds. The molecule has 0 aliphatic heterocycles. The van der Waals surface area contributed by atoms with Gasteiger partial charge in [-0.1, -0.05) is 0 Å². The SMILES string of the molecule is C[C@@H](C[PH](c1ccccc1)(c1ccccc1)c1ccccc1)C(C)(C)O. The van der Waals surface area contributed by atoms with Crippen molar-refractivity contribution in [3.63, 3.8) is 0 Å². The predicted molar refractivity (Wildman–Crippen MR) is 117 cm³/mol. The molecule has 3 aromatic carbocycles. The molecule has 0 aliphatic carbocycles. The Balaban J connectivity index is 2.28. The maximum atomic E-state index is 10.7. The summed E-state index contributed by atoms with van der Waals surface area (Å²) in [5.41, 5.74) is -0.712. The predicted octanol–water partition coefficient (Wildman–Crippen LogP) is 4.12. The zero-order valence-corrected chi connectivity index (χ0v) is 16.9.